The Hall–Kier alpha value is -3.45. The van der Waals surface area contributed by atoms with Gasteiger partial charge in [-0.3, -0.25) is 9.69 Å². The molecule has 0 aliphatic carbocycles. The molecule has 2 aliphatic heterocycles. The molecule has 186 valence electrons. The van der Waals surface area contributed by atoms with E-state index in [2.05, 4.69) is 15.0 Å². The first-order valence-electron chi connectivity index (χ1n) is 10.5. The molecule has 0 bridgehead atoms. The van der Waals surface area contributed by atoms with E-state index in [4.69, 9.17) is 15.5 Å². The van der Waals surface area contributed by atoms with Crippen LogP contribution in [-0.4, -0.2) is 59.9 Å². The Morgan fingerprint density at radius 3 is 2.63 bits per heavy atom. The summed E-state index contributed by atoms with van der Waals surface area (Å²) in [5, 5.41) is 5.22. The zero-order valence-corrected chi connectivity index (χ0v) is 19.6. The summed E-state index contributed by atoms with van der Waals surface area (Å²) >= 11 is 1.27. The Labute approximate surface area is 202 Å². The highest BCUT2D eigenvalue weighted by Crippen LogP contribution is 2.40. The van der Waals surface area contributed by atoms with Crippen LogP contribution in [0.1, 0.15) is 23.9 Å². The predicted molar refractivity (Wildman–Crippen MR) is 120 cm³/mol. The van der Waals surface area contributed by atoms with Crippen molar-refractivity contribution in [2.45, 2.75) is 30.8 Å². The molecule has 1 fully saturated rings. The van der Waals surface area contributed by atoms with Crippen LogP contribution in [0.2, 0.25) is 0 Å². The number of alkyl halides is 2. The number of benzene rings is 1. The Morgan fingerprint density at radius 1 is 1.31 bits per heavy atom. The molecule has 9 nitrogen and oxygen atoms in total. The minimum atomic E-state index is -3.13. The lowest BCUT2D eigenvalue weighted by molar-refractivity contribution is -0.122. The molecular formula is C22H22F3N5O4S. The van der Waals surface area contributed by atoms with Gasteiger partial charge in [-0.2, -0.15) is 0 Å². The van der Waals surface area contributed by atoms with Crippen molar-refractivity contribution < 1.29 is 32.2 Å². The average Bonchev–Trinajstić information content (AvgIpc) is 3.44. The Bertz CT molecular complexity index is 1190. The Balaban J connectivity index is 1.85. The number of aromatic nitrogens is 1. The molecule has 1 saturated heterocycles. The summed E-state index contributed by atoms with van der Waals surface area (Å²) in [7, 11) is 1.11. The molecule has 1 aromatic heterocycles. The van der Waals surface area contributed by atoms with E-state index in [0.717, 1.165) is 7.11 Å². The summed E-state index contributed by atoms with van der Waals surface area (Å²) in [6.45, 7) is 0.641. The van der Waals surface area contributed by atoms with Crippen LogP contribution in [0.3, 0.4) is 0 Å². The second-order valence-electron chi connectivity index (χ2n) is 8.25. The van der Waals surface area contributed by atoms with Crippen molar-refractivity contribution in [2.75, 3.05) is 20.2 Å². The second kappa shape index (κ2) is 9.30. The van der Waals surface area contributed by atoms with Crippen LogP contribution in [0, 0.1) is 5.82 Å². The van der Waals surface area contributed by atoms with Crippen molar-refractivity contribution >= 4 is 29.2 Å². The maximum absolute atomic E-state index is 14.2. The molecule has 0 saturated carbocycles. The van der Waals surface area contributed by atoms with E-state index in [-0.39, 0.29) is 23.8 Å². The van der Waals surface area contributed by atoms with E-state index in [9.17, 15) is 22.8 Å². The number of nitrogens with zero attached hydrogens (tertiary/aromatic N) is 3. The van der Waals surface area contributed by atoms with Gasteiger partial charge in [0, 0.05) is 24.5 Å². The highest BCUT2D eigenvalue weighted by Gasteiger charge is 2.49. The van der Waals surface area contributed by atoms with Crippen molar-refractivity contribution in [1.82, 2.24) is 15.2 Å². The average molecular weight is 510 g/mol. The van der Waals surface area contributed by atoms with E-state index >= 15 is 0 Å². The SMILES string of the molecule is COC(=O)OC1=C(CN2CC(F)(F)C[C@H]2C(N)=O)NC(c2nccs2)=N[C@@]1(C)c1ccc(F)cc1. The molecule has 3 N–H and O–H groups in total. The molecule has 0 spiro atoms. The lowest BCUT2D eigenvalue weighted by atomic mass is 9.88. The van der Waals surface area contributed by atoms with Crippen LogP contribution < -0.4 is 11.1 Å². The Morgan fingerprint density at radius 2 is 2.03 bits per heavy atom. The van der Waals surface area contributed by atoms with E-state index in [1.807, 2.05) is 0 Å². The summed E-state index contributed by atoms with van der Waals surface area (Å²) in [6.07, 6.45) is -0.238. The largest absolute Gasteiger partial charge is 0.513 e. The standard InChI is InChI=1S/C22H22F3N5O4S/c1-21(12-3-5-13(23)6-4-12)16(34-20(32)33-2)14(28-18(29-21)19-27-7-8-35-19)10-30-11-22(24,25)9-15(30)17(26)31/h3-8,15H,9-11H2,1-2H3,(H2,26,31)(H,28,29)/t15-,21-/m0/s1. The van der Waals surface area contributed by atoms with Crippen molar-refractivity contribution in [2.24, 2.45) is 10.7 Å². The topological polar surface area (TPSA) is 119 Å². The van der Waals surface area contributed by atoms with Gasteiger partial charge in [0.1, 0.15) is 11.4 Å². The summed E-state index contributed by atoms with van der Waals surface area (Å²) in [4.78, 5) is 34.3. The second-order valence-corrected chi connectivity index (χ2v) is 9.14. The first-order valence-corrected chi connectivity index (χ1v) is 11.3. The number of hydrogen-bond acceptors (Lipinski definition) is 9. The summed E-state index contributed by atoms with van der Waals surface area (Å²) in [5.74, 6) is -4.30. The van der Waals surface area contributed by atoms with E-state index < -0.39 is 48.3 Å². The number of carbonyl (C=O) groups excluding carboxylic acids is 2. The number of hydrogen-bond donors (Lipinski definition) is 2. The number of likely N-dealkylation sites (tertiary alicyclic amines) is 1. The molecule has 1 aromatic carbocycles. The number of thiazole rings is 1. The van der Waals surface area contributed by atoms with E-state index in [1.54, 1.807) is 18.5 Å². The van der Waals surface area contributed by atoms with Crippen molar-refractivity contribution in [3.05, 3.63) is 63.7 Å². The van der Waals surface area contributed by atoms with Crippen LogP contribution in [0.5, 0.6) is 0 Å². The van der Waals surface area contributed by atoms with Gasteiger partial charge in [0.25, 0.3) is 5.92 Å². The summed E-state index contributed by atoms with van der Waals surface area (Å²) in [6, 6.07) is 4.15. The number of nitrogens with two attached hydrogens (primary N) is 1. The number of halogens is 3. The van der Waals surface area contributed by atoms with Crippen molar-refractivity contribution in [1.29, 1.82) is 0 Å². The van der Waals surface area contributed by atoms with Crippen LogP contribution in [0.15, 0.2) is 52.3 Å². The number of primary amides is 1. The van der Waals surface area contributed by atoms with Gasteiger partial charge in [0.2, 0.25) is 5.91 Å². The molecule has 13 heteroatoms. The van der Waals surface area contributed by atoms with Gasteiger partial charge in [-0.25, -0.2) is 27.9 Å². The molecule has 4 rings (SSSR count). The first kappa shape index (κ1) is 24.7. The third-order valence-electron chi connectivity index (χ3n) is 5.77. The van der Waals surface area contributed by atoms with Gasteiger partial charge in [-0.15, -0.1) is 11.3 Å². The molecule has 35 heavy (non-hydrogen) atoms. The molecule has 2 atom stereocenters. The minimum Gasteiger partial charge on any atom is -0.437 e. The number of carbonyl (C=O) groups is 2. The predicted octanol–water partition coefficient (Wildman–Crippen LogP) is 2.74. The number of nitrogens with one attached hydrogen (secondary N) is 1. The number of methoxy groups -OCH3 is 1. The zero-order valence-electron chi connectivity index (χ0n) is 18.8. The van der Waals surface area contributed by atoms with Gasteiger partial charge in [0.05, 0.1) is 25.4 Å². The number of rotatable bonds is 6. The number of amidine groups is 1. The smallest absolute Gasteiger partial charge is 0.437 e. The normalized spacial score (nSPS) is 24.0. The van der Waals surface area contributed by atoms with Crippen molar-refractivity contribution in [3.8, 4) is 0 Å². The lowest BCUT2D eigenvalue weighted by Crippen LogP contribution is -2.47. The Kier molecular flexibility index (Phi) is 6.56. The van der Waals surface area contributed by atoms with E-state index in [1.165, 1.54) is 40.5 Å². The van der Waals surface area contributed by atoms with Gasteiger partial charge in [-0.1, -0.05) is 12.1 Å². The fourth-order valence-corrected chi connectivity index (χ4v) is 4.72. The summed E-state index contributed by atoms with van der Waals surface area (Å²) < 4.78 is 52.3. The fraction of sp³-hybridized carbons (Fsp3) is 0.364. The first-order chi connectivity index (χ1) is 16.5. The molecule has 1 amide bonds. The fourth-order valence-electron chi connectivity index (χ4n) is 4.14. The maximum atomic E-state index is 14.2. The maximum Gasteiger partial charge on any atom is 0.513 e. The number of amides is 1. The molecule has 0 radical (unpaired) electrons. The highest BCUT2D eigenvalue weighted by atomic mass is 32.1. The minimum absolute atomic E-state index is 0.0605. The lowest BCUT2D eigenvalue weighted by Gasteiger charge is -2.36. The quantitative estimate of drug-likeness (QED) is 0.575. The van der Waals surface area contributed by atoms with Gasteiger partial charge in [0.15, 0.2) is 16.6 Å². The van der Waals surface area contributed by atoms with Crippen LogP contribution >= 0.6 is 11.3 Å². The molecule has 0 unspecified atom stereocenters. The molecule has 2 aliphatic rings. The van der Waals surface area contributed by atoms with Crippen LogP contribution in [0.25, 0.3) is 0 Å². The summed E-state index contributed by atoms with van der Waals surface area (Å²) in [5.41, 5.74) is 4.60. The number of aliphatic imine (C=N–C) groups is 1. The van der Waals surface area contributed by atoms with Crippen LogP contribution in [-0.2, 0) is 19.8 Å². The van der Waals surface area contributed by atoms with E-state index in [0.29, 0.717) is 10.6 Å². The van der Waals surface area contributed by atoms with Crippen LogP contribution in [0.4, 0.5) is 18.0 Å². The molecule has 2 aromatic rings. The third-order valence-corrected chi connectivity index (χ3v) is 6.55. The van der Waals surface area contributed by atoms with Gasteiger partial charge >= 0.3 is 6.16 Å². The highest BCUT2D eigenvalue weighted by molar-refractivity contribution is 7.11. The molecule has 3 heterocycles. The monoisotopic (exact) mass is 509 g/mol. The van der Waals surface area contributed by atoms with Gasteiger partial charge in [-0.05, 0) is 24.6 Å². The van der Waals surface area contributed by atoms with Crippen molar-refractivity contribution in [3.63, 3.8) is 0 Å². The zero-order chi connectivity index (χ0) is 25.4. The third kappa shape index (κ3) is 5.00. The molecular weight excluding hydrogens is 487 g/mol. The number of ether oxygens (including phenoxy) is 2. The van der Waals surface area contributed by atoms with Gasteiger partial charge < -0.3 is 20.5 Å².